The Labute approximate surface area is 118 Å². The fourth-order valence-corrected chi connectivity index (χ4v) is 2.70. The highest BCUT2D eigenvalue weighted by atomic mass is 16.6. The van der Waals surface area contributed by atoms with Crippen LogP contribution in [-0.2, 0) is 0 Å². The summed E-state index contributed by atoms with van der Waals surface area (Å²) in [5.41, 5.74) is 0.725. The van der Waals surface area contributed by atoms with Crippen LogP contribution in [-0.4, -0.2) is 11.0 Å². The molecule has 0 heterocycles. The van der Waals surface area contributed by atoms with Gasteiger partial charge in [0.25, 0.3) is 5.69 Å². The molecule has 1 aromatic rings. The van der Waals surface area contributed by atoms with Gasteiger partial charge in [-0.2, -0.15) is 5.26 Å². The molecule has 0 unspecified atom stereocenters. The number of nitriles is 1. The molecule has 0 amide bonds. The number of benzene rings is 1. The Morgan fingerprint density at radius 3 is 2.45 bits per heavy atom. The third-order valence-corrected chi connectivity index (χ3v) is 3.79. The first-order chi connectivity index (χ1) is 9.70. The van der Waals surface area contributed by atoms with Gasteiger partial charge in [0, 0.05) is 17.8 Å². The molecule has 20 heavy (non-hydrogen) atoms. The molecular weight excluding hydrogens is 254 g/mol. The summed E-state index contributed by atoms with van der Waals surface area (Å²) in [6.07, 6.45) is 8.47. The normalized spacial score (nSPS) is 16.8. The lowest BCUT2D eigenvalue weighted by Gasteiger charge is -2.22. The van der Waals surface area contributed by atoms with E-state index in [1.54, 1.807) is 6.07 Å². The van der Waals surface area contributed by atoms with Crippen LogP contribution in [0.5, 0.6) is 0 Å². The highest BCUT2D eigenvalue weighted by Crippen LogP contribution is 2.25. The molecule has 1 aromatic carbocycles. The summed E-state index contributed by atoms with van der Waals surface area (Å²) in [7, 11) is 0. The monoisotopic (exact) mass is 273 g/mol. The standard InChI is InChI=1S/C15H19N3O2/c16-11-12-8-9-14(10-15(12)18(19)20)17-13-6-4-2-1-3-5-7-13/h8-10,13,17H,1-7H2. The largest absolute Gasteiger partial charge is 0.382 e. The topological polar surface area (TPSA) is 79.0 Å². The van der Waals surface area contributed by atoms with Crippen LogP contribution in [0.4, 0.5) is 11.4 Å². The van der Waals surface area contributed by atoms with Gasteiger partial charge in [-0.3, -0.25) is 10.1 Å². The van der Waals surface area contributed by atoms with Crippen molar-refractivity contribution in [1.29, 1.82) is 5.26 Å². The summed E-state index contributed by atoms with van der Waals surface area (Å²) < 4.78 is 0. The number of hydrogen-bond acceptors (Lipinski definition) is 4. The van der Waals surface area contributed by atoms with Crippen LogP contribution in [0.2, 0.25) is 0 Å². The molecule has 2 rings (SSSR count). The van der Waals surface area contributed by atoms with E-state index in [4.69, 9.17) is 5.26 Å². The molecule has 0 saturated heterocycles. The lowest BCUT2D eigenvalue weighted by molar-refractivity contribution is -0.385. The molecule has 0 radical (unpaired) electrons. The van der Waals surface area contributed by atoms with Gasteiger partial charge in [0.1, 0.15) is 11.6 Å². The van der Waals surface area contributed by atoms with Crippen LogP contribution >= 0.6 is 0 Å². The summed E-state index contributed by atoms with van der Waals surface area (Å²) >= 11 is 0. The second kappa shape index (κ2) is 6.90. The fourth-order valence-electron chi connectivity index (χ4n) is 2.70. The summed E-state index contributed by atoms with van der Waals surface area (Å²) in [5.74, 6) is 0. The minimum absolute atomic E-state index is 0.109. The van der Waals surface area contributed by atoms with Crippen molar-refractivity contribution in [2.75, 3.05) is 5.32 Å². The lowest BCUT2D eigenvalue weighted by atomic mass is 9.96. The van der Waals surface area contributed by atoms with Crippen LogP contribution in [0.15, 0.2) is 18.2 Å². The van der Waals surface area contributed by atoms with Crippen LogP contribution in [0, 0.1) is 21.4 Å². The van der Waals surface area contributed by atoms with Crippen LogP contribution in [0.1, 0.15) is 50.5 Å². The van der Waals surface area contributed by atoms with Crippen molar-refractivity contribution in [3.8, 4) is 6.07 Å². The van der Waals surface area contributed by atoms with Crippen molar-refractivity contribution in [1.82, 2.24) is 0 Å². The molecule has 1 N–H and O–H groups in total. The van der Waals surface area contributed by atoms with E-state index in [0.29, 0.717) is 6.04 Å². The van der Waals surface area contributed by atoms with Crippen LogP contribution < -0.4 is 5.32 Å². The molecule has 1 fully saturated rings. The molecule has 1 aliphatic rings. The van der Waals surface area contributed by atoms with Gasteiger partial charge in [0.2, 0.25) is 0 Å². The van der Waals surface area contributed by atoms with E-state index in [9.17, 15) is 10.1 Å². The number of nitrogens with one attached hydrogen (secondary N) is 1. The quantitative estimate of drug-likeness (QED) is 0.667. The lowest BCUT2D eigenvalue weighted by Crippen LogP contribution is -2.20. The Morgan fingerprint density at radius 1 is 1.20 bits per heavy atom. The molecule has 0 aromatic heterocycles. The Kier molecular flexibility index (Phi) is 4.94. The van der Waals surface area contributed by atoms with Crippen molar-refractivity contribution >= 4 is 11.4 Å². The Bertz CT molecular complexity index is 514. The number of nitrogens with zero attached hydrogens (tertiary/aromatic N) is 2. The second-order valence-corrected chi connectivity index (χ2v) is 5.29. The first-order valence-corrected chi connectivity index (χ1v) is 7.16. The Morgan fingerprint density at radius 2 is 1.85 bits per heavy atom. The first-order valence-electron chi connectivity index (χ1n) is 7.16. The third kappa shape index (κ3) is 3.70. The van der Waals surface area contributed by atoms with E-state index in [2.05, 4.69) is 5.32 Å². The van der Waals surface area contributed by atoms with Gasteiger partial charge in [0.15, 0.2) is 0 Å². The number of hydrogen-bond donors (Lipinski definition) is 1. The molecule has 1 aliphatic carbocycles. The third-order valence-electron chi connectivity index (χ3n) is 3.79. The summed E-state index contributed by atoms with van der Waals surface area (Å²) in [6, 6.07) is 6.98. The van der Waals surface area contributed by atoms with Crippen molar-refractivity contribution in [2.24, 2.45) is 0 Å². The van der Waals surface area contributed by atoms with Gasteiger partial charge >= 0.3 is 0 Å². The first kappa shape index (κ1) is 14.3. The van der Waals surface area contributed by atoms with E-state index in [0.717, 1.165) is 18.5 Å². The van der Waals surface area contributed by atoms with Gasteiger partial charge in [-0.1, -0.05) is 32.1 Å². The fraction of sp³-hybridized carbons (Fsp3) is 0.533. The predicted molar refractivity (Wildman–Crippen MR) is 77.5 cm³/mol. The number of nitro benzene ring substituents is 1. The van der Waals surface area contributed by atoms with Crippen molar-refractivity contribution in [3.63, 3.8) is 0 Å². The molecule has 5 heteroatoms. The molecule has 0 atom stereocenters. The smallest absolute Gasteiger partial charge is 0.289 e. The average Bonchev–Trinajstić information content (AvgIpc) is 2.41. The van der Waals surface area contributed by atoms with Gasteiger partial charge in [0.05, 0.1) is 4.92 Å². The van der Waals surface area contributed by atoms with Crippen molar-refractivity contribution in [3.05, 3.63) is 33.9 Å². The Hall–Kier alpha value is -2.09. The van der Waals surface area contributed by atoms with E-state index in [1.807, 2.05) is 6.07 Å². The van der Waals surface area contributed by atoms with Gasteiger partial charge in [-0.15, -0.1) is 0 Å². The highest BCUT2D eigenvalue weighted by Gasteiger charge is 2.16. The molecule has 106 valence electrons. The predicted octanol–water partition coefficient (Wildman–Crippen LogP) is 3.99. The summed E-state index contributed by atoms with van der Waals surface area (Å²) in [5, 5.41) is 23.2. The molecule has 1 saturated carbocycles. The molecule has 0 bridgehead atoms. The zero-order valence-corrected chi connectivity index (χ0v) is 11.5. The molecule has 5 nitrogen and oxygen atoms in total. The average molecular weight is 273 g/mol. The van der Waals surface area contributed by atoms with Gasteiger partial charge in [-0.25, -0.2) is 0 Å². The highest BCUT2D eigenvalue weighted by molar-refractivity contribution is 5.59. The van der Waals surface area contributed by atoms with E-state index >= 15 is 0 Å². The number of rotatable bonds is 3. The van der Waals surface area contributed by atoms with Crippen molar-refractivity contribution < 1.29 is 4.92 Å². The SMILES string of the molecule is N#Cc1ccc(NC2CCCCCCC2)cc1[N+](=O)[O-]. The maximum Gasteiger partial charge on any atom is 0.289 e. The maximum atomic E-state index is 11.0. The molecular formula is C15H19N3O2. The van der Waals surface area contributed by atoms with E-state index in [-0.39, 0.29) is 11.3 Å². The van der Waals surface area contributed by atoms with Gasteiger partial charge in [-0.05, 0) is 25.0 Å². The van der Waals surface area contributed by atoms with Crippen LogP contribution in [0.3, 0.4) is 0 Å². The van der Waals surface area contributed by atoms with Gasteiger partial charge < -0.3 is 5.32 Å². The molecule has 0 spiro atoms. The van der Waals surface area contributed by atoms with Crippen LogP contribution in [0.25, 0.3) is 0 Å². The summed E-state index contributed by atoms with van der Waals surface area (Å²) in [6.45, 7) is 0. The van der Waals surface area contributed by atoms with E-state index in [1.165, 1.54) is 44.2 Å². The summed E-state index contributed by atoms with van der Waals surface area (Å²) in [4.78, 5) is 10.5. The zero-order valence-electron chi connectivity index (χ0n) is 11.5. The van der Waals surface area contributed by atoms with Crippen molar-refractivity contribution in [2.45, 2.75) is 51.0 Å². The number of anilines is 1. The van der Waals surface area contributed by atoms with E-state index < -0.39 is 4.92 Å². The minimum atomic E-state index is -0.498. The zero-order chi connectivity index (χ0) is 14.4. The maximum absolute atomic E-state index is 11.0. The second-order valence-electron chi connectivity index (χ2n) is 5.29. The minimum Gasteiger partial charge on any atom is -0.382 e. The number of nitro groups is 1. The Balaban J connectivity index is 2.10. The molecule has 0 aliphatic heterocycles.